The first-order valence-corrected chi connectivity index (χ1v) is 7.12. The molecule has 104 valence electrons. The molecule has 1 saturated carbocycles. The van der Waals surface area contributed by atoms with E-state index in [1.54, 1.807) is 12.3 Å². The Bertz CT molecular complexity index is 416. The summed E-state index contributed by atoms with van der Waals surface area (Å²) < 4.78 is 0. The van der Waals surface area contributed by atoms with Crippen LogP contribution in [-0.4, -0.2) is 17.4 Å². The Morgan fingerprint density at radius 3 is 2.95 bits per heavy atom. The van der Waals surface area contributed by atoms with Gasteiger partial charge in [0, 0.05) is 19.3 Å². The number of hydrogen-bond donors (Lipinski definition) is 2. The van der Waals surface area contributed by atoms with E-state index in [0.717, 1.165) is 18.0 Å². The number of aromatic nitrogens is 1. The van der Waals surface area contributed by atoms with Crippen LogP contribution in [0.5, 0.6) is 0 Å². The zero-order valence-corrected chi connectivity index (χ0v) is 11.6. The van der Waals surface area contributed by atoms with Crippen LogP contribution < -0.4 is 11.1 Å². The topological polar surface area (TPSA) is 68.0 Å². The molecule has 4 nitrogen and oxygen atoms in total. The van der Waals surface area contributed by atoms with Crippen LogP contribution in [0, 0.1) is 11.8 Å². The third kappa shape index (κ3) is 4.03. The molecule has 0 spiro atoms. The molecule has 1 aliphatic carbocycles. The molecule has 0 saturated heterocycles. The minimum Gasteiger partial charge on any atom is -0.350 e. The Labute approximate surface area is 114 Å². The zero-order valence-electron chi connectivity index (χ0n) is 11.6. The average Bonchev–Trinajstić information content (AvgIpc) is 2.45. The number of nitrogens with two attached hydrogens (primary N) is 1. The van der Waals surface area contributed by atoms with Crippen LogP contribution in [0.1, 0.15) is 48.7 Å². The molecular formula is C15H23N3O. The normalized spacial score (nSPS) is 23.1. The molecule has 1 amide bonds. The highest BCUT2D eigenvalue weighted by Crippen LogP contribution is 2.27. The molecule has 19 heavy (non-hydrogen) atoms. The Morgan fingerprint density at radius 2 is 2.32 bits per heavy atom. The number of nitrogens with zero attached hydrogens (tertiary/aromatic N) is 1. The first kappa shape index (κ1) is 14.0. The third-order valence-corrected chi connectivity index (χ3v) is 3.89. The summed E-state index contributed by atoms with van der Waals surface area (Å²) in [7, 11) is 0. The second kappa shape index (κ2) is 6.66. The number of rotatable bonds is 4. The number of carbonyl (C=O) groups is 1. The summed E-state index contributed by atoms with van der Waals surface area (Å²) in [5.41, 5.74) is 6.92. The van der Waals surface area contributed by atoms with Crippen molar-refractivity contribution in [1.29, 1.82) is 0 Å². The Kier molecular flexibility index (Phi) is 4.91. The van der Waals surface area contributed by atoms with Crippen molar-refractivity contribution in [2.24, 2.45) is 17.6 Å². The van der Waals surface area contributed by atoms with Gasteiger partial charge in [0.2, 0.25) is 0 Å². The molecule has 1 aromatic heterocycles. The fraction of sp³-hybridized carbons (Fsp3) is 0.600. The number of amides is 1. The summed E-state index contributed by atoms with van der Waals surface area (Å²) in [6.45, 7) is 3.51. The number of hydrogen-bond acceptors (Lipinski definition) is 3. The fourth-order valence-electron chi connectivity index (χ4n) is 2.75. The molecule has 0 radical (unpaired) electrons. The van der Waals surface area contributed by atoms with Gasteiger partial charge in [-0.2, -0.15) is 0 Å². The molecular weight excluding hydrogens is 238 g/mol. The van der Waals surface area contributed by atoms with E-state index in [1.807, 2.05) is 6.07 Å². The van der Waals surface area contributed by atoms with E-state index in [0.29, 0.717) is 18.2 Å². The smallest absolute Gasteiger partial charge is 0.269 e. The minimum absolute atomic E-state index is 0.0817. The van der Waals surface area contributed by atoms with Crippen molar-refractivity contribution >= 4 is 5.91 Å². The van der Waals surface area contributed by atoms with Crippen molar-refractivity contribution in [3.8, 4) is 0 Å². The Balaban J connectivity index is 1.83. The predicted octanol–water partition coefficient (Wildman–Crippen LogP) is 2.10. The van der Waals surface area contributed by atoms with Crippen molar-refractivity contribution in [2.75, 3.05) is 6.54 Å². The molecule has 0 aliphatic heterocycles. The molecule has 2 atom stereocenters. The minimum atomic E-state index is -0.0817. The monoisotopic (exact) mass is 261 g/mol. The maximum absolute atomic E-state index is 12.0. The summed E-state index contributed by atoms with van der Waals surface area (Å²) in [6, 6.07) is 3.59. The van der Waals surface area contributed by atoms with Crippen LogP contribution in [0.3, 0.4) is 0 Å². The lowest BCUT2D eigenvalue weighted by Crippen LogP contribution is -2.32. The van der Waals surface area contributed by atoms with Gasteiger partial charge in [0.15, 0.2) is 0 Å². The second-order valence-electron chi connectivity index (χ2n) is 5.60. The molecule has 0 bridgehead atoms. The van der Waals surface area contributed by atoms with Gasteiger partial charge in [0.05, 0.1) is 0 Å². The van der Waals surface area contributed by atoms with E-state index in [1.165, 1.54) is 25.7 Å². The fourth-order valence-corrected chi connectivity index (χ4v) is 2.75. The van der Waals surface area contributed by atoms with Crippen molar-refractivity contribution in [3.05, 3.63) is 29.6 Å². The van der Waals surface area contributed by atoms with Gasteiger partial charge in [0.25, 0.3) is 5.91 Å². The average molecular weight is 261 g/mol. The highest BCUT2D eigenvalue weighted by atomic mass is 16.1. The molecule has 4 heteroatoms. The van der Waals surface area contributed by atoms with E-state index in [-0.39, 0.29) is 5.91 Å². The lowest BCUT2D eigenvalue weighted by molar-refractivity contribution is 0.0935. The predicted molar refractivity (Wildman–Crippen MR) is 75.6 cm³/mol. The lowest BCUT2D eigenvalue weighted by atomic mass is 9.82. The van der Waals surface area contributed by atoms with Crippen LogP contribution in [0.25, 0.3) is 0 Å². The Hall–Kier alpha value is -1.42. The van der Waals surface area contributed by atoms with Gasteiger partial charge in [-0.1, -0.05) is 25.8 Å². The van der Waals surface area contributed by atoms with Crippen molar-refractivity contribution in [1.82, 2.24) is 10.3 Å². The summed E-state index contributed by atoms with van der Waals surface area (Å²) in [5.74, 6) is 1.33. The summed E-state index contributed by atoms with van der Waals surface area (Å²) in [4.78, 5) is 16.1. The van der Waals surface area contributed by atoms with Crippen LogP contribution in [0.15, 0.2) is 18.3 Å². The van der Waals surface area contributed by atoms with Gasteiger partial charge in [-0.15, -0.1) is 0 Å². The molecule has 1 aliphatic rings. The molecule has 1 fully saturated rings. The number of nitrogens with one attached hydrogen (secondary N) is 1. The quantitative estimate of drug-likeness (QED) is 0.872. The largest absolute Gasteiger partial charge is 0.350 e. The molecule has 2 unspecified atom stereocenters. The Morgan fingerprint density at radius 1 is 1.47 bits per heavy atom. The zero-order chi connectivity index (χ0) is 13.7. The van der Waals surface area contributed by atoms with Crippen LogP contribution >= 0.6 is 0 Å². The molecule has 2 rings (SSSR count). The molecule has 1 aromatic rings. The number of pyridine rings is 1. The van der Waals surface area contributed by atoms with E-state index in [2.05, 4.69) is 17.2 Å². The van der Waals surface area contributed by atoms with Gasteiger partial charge in [-0.05, 0) is 36.3 Å². The van der Waals surface area contributed by atoms with Gasteiger partial charge in [-0.3, -0.25) is 9.78 Å². The van der Waals surface area contributed by atoms with Crippen molar-refractivity contribution < 1.29 is 4.79 Å². The second-order valence-corrected chi connectivity index (χ2v) is 5.60. The highest BCUT2D eigenvalue weighted by molar-refractivity contribution is 5.92. The summed E-state index contributed by atoms with van der Waals surface area (Å²) in [6.07, 6.45) is 6.72. The first-order valence-electron chi connectivity index (χ1n) is 7.12. The van der Waals surface area contributed by atoms with E-state index >= 15 is 0 Å². The third-order valence-electron chi connectivity index (χ3n) is 3.89. The van der Waals surface area contributed by atoms with Crippen molar-refractivity contribution in [3.63, 3.8) is 0 Å². The van der Waals surface area contributed by atoms with E-state index < -0.39 is 0 Å². The van der Waals surface area contributed by atoms with Gasteiger partial charge < -0.3 is 11.1 Å². The van der Waals surface area contributed by atoms with E-state index in [9.17, 15) is 4.79 Å². The summed E-state index contributed by atoms with van der Waals surface area (Å²) in [5, 5.41) is 2.99. The summed E-state index contributed by atoms with van der Waals surface area (Å²) >= 11 is 0. The van der Waals surface area contributed by atoms with Gasteiger partial charge in [0.1, 0.15) is 5.69 Å². The van der Waals surface area contributed by atoms with E-state index in [4.69, 9.17) is 5.73 Å². The molecule has 3 N–H and O–H groups in total. The van der Waals surface area contributed by atoms with Crippen LogP contribution in [-0.2, 0) is 6.54 Å². The SMILES string of the molecule is CC1CCCC(CNC(=O)c2ccc(CN)cn2)C1. The lowest BCUT2D eigenvalue weighted by Gasteiger charge is -2.26. The first-order chi connectivity index (χ1) is 9.19. The van der Waals surface area contributed by atoms with Crippen LogP contribution in [0.2, 0.25) is 0 Å². The van der Waals surface area contributed by atoms with Gasteiger partial charge >= 0.3 is 0 Å². The number of carbonyl (C=O) groups excluding carboxylic acids is 1. The highest BCUT2D eigenvalue weighted by Gasteiger charge is 2.19. The van der Waals surface area contributed by atoms with Gasteiger partial charge in [-0.25, -0.2) is 0 Å². The maximum Gasteiger partial charge on any atom is 0.269 e. The van der Waals surface area contributed by atoms with Crippen molar-refractivity contribution in [2.45, 2.75) is 39.2 Å². The molecule has 0 aromatic carbocycles. The molecule has 1 heterocycles. The maximum atomic E-state index is 12.0. The van der Waals surface area contributed by atoms with Crippen LogP contribution in [0.4, 0.5) is 0 Å². The standard InChI is InChI=1S/C15H23N3O/c1-11-3-2-4-12(7-11)9-18-15(19)14-6-5-13(8-16)10-17-14/h5-6,10-12H,2-4,7-9,16H2,1H3,(H,18,19).